The minimum Gasteiger partial charge on any atom is -0.507 e. The van der Waals surface area contributed by atoms with E-state index in [0.717, 1.165) is 5.56 Å². The third-order valence-corrected chi connectivity index (χ3v) is 5.60. The molecule has 7 heteroatoms. The molecule has 1 fully saturated rings. The maximum absolute atomic E-state index is 14.9. The van der Waals surface area contributed by atoms with E-state index in [-0.39, 0.29) is 23.5 Å². The molecule has 32 heavy (non-hydrogen) atoms. The van der Waals surface area contributed by atoms with Crippen molar-refractivity contribution < 1.29 is 28.6 Å². The number of carbonyl (C=O) groups excluding carboxylic acids is 2. The second kappa shape index (κ2) is 7.53. The lowest BCUT2D eigenvalue weighted by Crippen LogP contribution is -2.29. The van der Waals surface area contributed by atoms with Crippen molar-refractivity contribution in [3.8, 4) is 11.5 Å². The molecular weight excluding hydrogens is 413 g/mol. The molecule has 1 saturated heterocycles. The number of aliphatic hydroxyl groups excluding tert-OH is 1. The third-order valence-electron chi connectivity index (χ3n) is 5.60. The molecule has 0 bridgehead atoms. The van der Waals surface area contributed by atoms with Gasteiger partial charge in [-0.2, -0.15) is 0 Å². The summed E-state index contributed by atoms with van der Waals surface area (Å²) >= 11 is 0. The van der Waals surface area contributed by atoms with Gasteiger partial charge in [-0.25, -0.2) is 4.39 Å². The zero-order chi connectivity index (χ0) is 22.4. The average molecular weight is 431 g/mol. The SMILES string of the molecule is Cc1ccc(N2C(=O)C(=O)/C(=C(/O)c3ccc4c(c3)OCO4)C2c2ccccc2F)cc1. The van der Waals surface area contributed by atoms with E-state index >= 15 is 0 Å². The fourth-order valence-electron chi connectivity index (χ4n) is 3.99. The molecule has 0 saturated carbocycles. The van der Waals surface area contributed by atoms with Crippen LogP contribution in [0.2, 0.25) is 0 Å². The smallest absolute Gasteiger partial charge is 0.300 e. The van der Waals surface area contributed by atoms with Crippen LogP contribution in [0.15, 0.2) is 72.3 Å². The van der Waals surface area contributed by atoms with Crippen LogP contribution in [0, 0.1) is 12.7 Å². The van der Waals surface area contributed by atoms with Crippen LogP contribution < -0.4 is 14.4 Å². The highest BCUT2D eigenvalue weighted by atomic mass is 19.1. The Morgan fingerprint density at radius 1 is 1.00 bits per heavy atom. The molecule has 0 aromatic heterocycles. The molecule has 0 aliphatic carbocycles. The summed E-state index contributed by atoms with van der Waals surface area (Å²) in [5.41, 5.74) is 1.57. The van der Waals surface area contributed by atoms with E-state index in [9.17, 15) is 19.1 Å². The van der Waals surface area contributed by atoms with Gasteiger partial charge in [-0.3, -0.25) is 14.5 Å². The minimum absolute atomic E-state index is 0.0482. The number of halogens is 1. The van der Waals surface area contributed by atoms with Crippen LogP contribution in [0.3, 0.4) is 0 Å². The Hall–Kier alpha value is -4.13. The third kappa shape index (κ3) is 3.10. The fourth-order valence-corrected chi connectivity index (χ4v) is 3.99. The monoisotopic (exact) mass is 431 g/mol. The molecule has 160 valence electrons. The van der Waals surface area contributed by atoms with Crippen LogP contribution in [0.5, 0.6) is 11.5 Å². The molecule has 0 spiro atoms. The summed E-state index contributed by atoms with van der Waals surface area (Å²) in [5.74, 6) is -1.83. The molecule has 0 radical (unpaired) electrons. The minimum atomic E-state index is -1.13. The predicted molar refractivity (Wildman–Crippen MR) is 115 cm³/mol. The van der Waals surface area contributed by atoms with Crippen molar-refractivity contribution in [2.75, 3.05) is 11.7 Å². The predicted octanol–water partition coefficient (Wildman–Crippen LogP) is 4.49. The van der Waals surface area contributed by atoms with Crippen molar-refractivity contribution in [1.29, 1.82) is 0 Å². The maximum Gasteiger partial charge on any atom is 0.300 e. The summed E-state index contributed by atoms with van der Waals surface area (Å²) in [5, 5.41) is 11.1. The maximum atomic E-state index is 14.9. The molecule has 5 rings (SSSR count). The molecule has 1 atom stereocenters. The summed E-state index contributed by atoms with van der Waals surface area (Å²) in [6, 6.07) is 16.4. The van der Waals surface area contributed by atoms with E-state index in [0.29, 0.717) is 17.2 Å². The average Bonchev–Trinajstić information content (AvgIpc) is 3.36. The molecule has 6 nitrogen and oxygen atoms in total. The summed E-state index contributed by atoms with van der Waals surface area (Å²) in [4.78, 5) is 27.4. The lowest BCUT2D eigenvalue weighted by Gasteiger charge is -2.25. The first-order valence-electron chi connectivity index (χ1n) is 9.98. The normalized spacial score (nSPS) is 18.9. The van der Waals surface area contributed by atoms with E-state index in [1.807, 2.05) is 6.92 Å². The van der Waals surface area contributed by atoms with Crippen molar-refractivity contribution >= 4 is 23.1 Å². The number of anilines is 1. The van der Waals surface area contributed by atoms with Gasteiger partial charge >= 0.3 is 0 Å². The van der Waals surface area contributed by atoms with Gasteiger partial charge in [0.2, 0.25) is 6.79 Å². The Balaban J connectivity index is 1.72. The lowest BCUT2D eigenvalue weighted by molar-refractivity contribution is -0.132. The van der Waals surface area contributed by atoms with Crippen molar-refractivity contribution in [2.24, 2.45) is 0 Å². The Bertz CT molecular complexity index is 1280. The number of fused-ring (bicyclic) bond motifs is 1. The van der Waals surface area contributed by atoms with E-state index < -0.39 is 29.3 Å². The van der Waals surface area contributed by atoms with E-state index in [4.69, 9.17) is 9.47 Å². The van der Waals surface area contributed by atoms with Crippen LogP contribution in [-0.4, -0.2) is 23.6 Å². The van der Waals surface area contributed by atoms with Gasteiger partial charge in [-0.05, 0) is 43.3 Å². The quantitative estimate of drug-likeness (QED) is 0.376. The number of amides is 1. The van der Waals surface area contributed by atoms with E-state index in [2.05, 4.69) is 0 Å². The number of carbonyl (C=O) groups is 2. The second-order valence-corrected chi connectivity index (χ2v) is 7.59. The number of nitrogens with zero attached hydrogens (tertiary/aromatic N) is 1. The topological polar surface area (TPSA) is 76.1 Å². The summed E-state index contributed by atoms with van der Waals surface area (Å²) in [6.45, 7) is 1.94. The Morgan fingerprint density at radius 2 is 1.72 bits per heavy atom. The molecular formula is C25H18FNO5. The van der Waals surface area contributed by atoms with Gasteiger partial charge in [0.25, 0.3) is 11.7 Å². The number of Topliss-reactive ketones (excluding diaryl/α,β-unsaturated/α-hetero) is 1. The molecule has 3 aromatic carbocycles. The second-order valence-electron chi connectivity index (χ2n) is 7.59. The first-order valence-corrected chi connectivity index (χ1v) is 9.98. The number of rotatable bonds is 3. The lowest BCUT2D eigenvalue weighted by atomic mass is 9.94. The van der Waals surface area contributed by atoms with Crippen LogP contribution in [0.25, 0.3) is 5.76 Å². The Labute approximate surface area is 183 Å². The van der Waals surface area contributed by atoms with Crippen LogP contribution >= 0.6 is 0 Å². The van der Waals surface area contributed by atoms with E-state index in [1.165, 1.54) is 29.2 Å². The number of benzene rings is 3. The summed E-state index contributed by atoms with van der Waals surface area (Å²) < 4.78 is 25.5. The number of aliphatic hydroxyl groups is 1. The molecule has 3 aromatic rings. The largest absolute Gasteiger partial charge is 0.507 e. The fraction of sp³-hybridized carbons (Fsp3) is 0.120. The highest BCUT2D eigenvalue weighted by Crippen LogP contribution is 2.44. The van der Waals surface area contributed by atoms with Crippen LogP contribution in [0.4, 0.5) is 10.1 Å². The van der Waals surface area contributed by atoms with Crippen molar-refractivity contribution in [3.05, 3.63) is 94.8 Å². The van der Waals surface area contributed by atoms with E-state index in [1.54, 1.807) is 42.5 Å². The van der Waals surface area contributed by atoms with Gasteiger partial charge in [-0.1, -0.05) is 35.9 Å². The first kappa shape index (κ1) is 19.8. The number of hydrogen-bond acceptors (Lipinski definition) is 5. The molecule has 1 unspecified atom stereocenters. The Kier molecular flexibility index (Phi) is 4.66. The Morgan fingerprint density at radius 3 is 2.47 bits per heavy atom. The van der Waals surface area contributed by atoms with Gasteiger partial charge in [-0.15, -0.1) is 0 Å². The molecule has 1 N–H and O–H groups in total. The standard InChI is InChI=1S/C25H18FNO5/c1-14-6-9-16(10-7-14)27-22(17-4-2-3-5-18(17)26)21(24(29)25(27)30)23(28)15-8-11-19-20(12-15)32-13-31-19/h2-12,22,28H,13H2,1H3/b23-21+. The summed E-state index contributed by atoms with van der Waals surface area (Å²) in [7, 11) is 0. The van der Waals surface area contributed by atoms with Gasteiger partial charge in [0, 0.05) is 16.8 Å². The number of aryl methyl sites for hydroxylation is 1. The van der Waals surface area contributed by atoms with Crippen molar-refractivity contribution in [3.63, 3.8) is 0 Å². The molecule has 2 aliphatic rings. The molecule has 2 heterocycles. The van der Waals surface area contributed by atoms with Gasteiger partial charge in [0.05, 0.1) is 11.6 Å². The van der Waals surface area contributed by atoms with Gasteiger partial charge in [0.15, 0.2) is 11.5 Å². The number of hydrogen-bond donors (Lipinski definition) is 1. The molecule has 2 aliphatic heterocycles. The zero-order valence-electron chi connectivity index (χ0n) is 17.0. The number of ether oxygens (including phenoxy) is 2. The highest BCUT2D eigenvalue weighted by molar-refractivity contribution is 6.51. The summed E-state index contributed by atoms with van der Waals surface area (Å²) in [6.07, 6.45) is 0. The van der Waals surface area contributed by atoms with Crippen molar-refractivity contribution in [1.82, 2.24) is 0 Å². The zero-order valence-corrected chi connectivity index (χ0v) is 17.0. The molecule has 1 amide bonds. The van der Waals surface area contributed by atoms with Crippen LogP contribution in [-0.2, 0) is 9.59 Å². The van der Waals surface area contributed by atoms with Gasteiger partial charge < -0.3 is 14.6 Å². The van der Waals surface area contributed by atoms with Gasteiger partial charge in [0.1, 0.15) is 11.6 Å². The van der Waals surface area contributed by atoms with Crippen LogP contribution in [0.1, 0.15) is 22.7 Å². The van der Waals surface area contributed by atoms with Crippen molar-refractivity contribution in [2.45, 2.75) is 13.0 Å². The number of ketones is 1. The first-order chi connectivity index (χ1) is 15.5. The highest BCUT2D eigenvalue weighted by Gasteiger charge is 2.47.